The number of ether oxygens (including phenoxy) is 4. The van der Waals surface area contributed by atoms with Crippen LogP contribution in [-0.4, -0.2) is 105 Å². The van der Waals surface area contributed by atoms with Crippen molar-refractivity contribution < 1.29 is 49.6 Å². The average molecular weight is 449 g/mol. The van der Waals surface area contributed by atoms with Crippen LogP contribution >= 0.6 is 0 Å². The minimum absolute atomic E-state index is 0.243. The molecule has 2 rings (SSSR count). The molecule has 0 aromatic heterocycles. The molecule has 2 aliphatic rings. The zero-order chi connectivity index (χ0) is 23.3. The van der Waals surface area contributed by atoms with E-state index in [1.807, 2.05) is 19.9 Å². The van der Waals surface area contributed by atoms with Crippen LogP contribution in [0.1, 0.15) is 33.6 Å². The minimum atomic E-state index is -1.57. The Morgan fingerprint density at radius 2 is 1.65 bits per heavy atom. The fraction of sp³-hybridized carbons (Fsp3) is 0.810. The highest BCUT2D eigenvalue weighted by Crippen LogP contribution is 2.30. The second kappa shape index (κ2) is 11.3. The molecule has 2 fully saturated rings. The molecule has 0 bridgehead atoms. The van der Waals surface area contributed by atoms with Gasteiger partial charge in [0.15, 0.2) is 12.6 Å². The number of aliphatic hydroxyl groups excluding tert-OH is 6. The second-order valence-corrected chi connectivity index (χ2v) is 8.55. The molecule has 2 heterocycles. The molecule has 0 spiro atoms. The highest BCUT2D eigenvalue weighted by atomic mass is 16.7. The van der Waals surface area contributed by atoms with Crippen LogP contribution in [0.25, 0.3) is 0 Å². The molecule has 2 aliphatic heterocycles. The Balaban J connectivity index is 2.01. The molecule has 0 amide bonds. The lowest BCUT2D eigenvalue weighted by molar-refractivity contribution is -0.333. The quantitative estimate of drug-likeness (QED) is 0.241. The molecule has 6 N–H and O–H groups in total. The summed E-state index contributed by atoms with van der Waals surface area (Å²) in [5, 5.41) is 60.1. The van der Waals surface area contributed by atoms with E-state index in [-0.39, 0.29) is 13.2 Å². The summed E-state index contributed by atoms with van der Waals surface area (Å²) in [5.41, 5.74) is 0.286. The van der Waals surface area contributed by atoms with E-state index in [0.29, 0.717) is 12.8 Å². The Bertz CT molecular complexity index is 609. The van der Waals surface area contributed by atoms with Crippen LogP contribution in [0.2, 0.25) is 0 Å². The van der Waals surface area contributed by atoms with Crippen molar-refractivity contribution in [2.45, 2.75) is 94.5 Å². The molecular weight excluding hydrogens is 412 g/mol. The van der Waals surface area contributed by atoms with Crippen molar-refractivity contribution in [2.75, 3.05) is 13.2 Å². The highest BCUT2D eigenvalue weighted by molar-refractivity contribution is 5.00. The maximum atomic E-state index is 10.3. The zero-order valence-electron chi connectivity index (χ0n) is 18.2. The van der Waals surface area contributed by atoms with Gasteiger partial charge in [0.1, 0.15) is 42.7 Å². The lowest BCUT2D eigenvalue weighted by atomic mass is 9.96. The van der Waals surface area contributed by atoms with Gasteiger partial charge in [0.2, 0.25) is 0 Å². The van der Waals surface area contributed by atoms with Gasteiger partial charge in [-0.3, -0.25) is 0 Å². The summed E-state index contributed by atoms with van der Waals surface area (Å²) in [6, 6.07) is 0. The van der Waals surface area contributed by atoms with E-state index in [1.54, 1.807) is 13.0 Å². The van der Waals surface area contributed by atoms with Crippen molar-refractivity contribution in [3.8, 4) is 0 Å². The zero-order valence-corrected chi connectivity index (χ0v) is 18.2. The molecule has 10 nitrogen and oxygen atoms in total. The molecule has 10 atom stereocenters. The molecule has 0 radical (unpaired) electrons. The van der Waals surface area contributed by atoms with Gasteiger partial charge in [0, 0.05) is 0 Å². The summed E-state index contributed by atoms with van der Waals surface area (Å²) < 4.78 is 22.1. The fourth-order valence-electron chi connectivity index (χ4n) is 3.39. The van der Waals surface area contributed by atoms with Crippen molar-refractivity contribution in [3.05, 3.63) is 24.3 Å². The third kappa shape index (κ3) is 6.78. The van der Waals surface area contributed by atoms with Crippen LogP contribution in [0.5, 0.6) is 0 Å². The van der Waals surface area contributed by atoms with Crippen LogP contribution < -0.4 is 0 Å². The van der Waals surface area contributed by atoms with Crippen molar-refractivity contribution in [1.29, 1.82) is 0 Å². The average Bonchev–Trinajstić information content (AvgIpc) is 2.72. The molecule has 0 aromatic rings. The summed E-state index contributed by atoms with van der Waals surface area (Å²) in [5.74, 6) is 0. The largest absolute Gasteiger partial charge is 0.388 e. The SMILES string of the molecule is C=C[C@](C)(CCC=C(C)C)O[C@@H]1O[C@H](CO[C@@H]2OC[C@H](O)[C@H](O)[C@H]2O)[C@@H](O)[C@H](O)[C@H]1O. The fourth-order valence-corrected chi connectivity index (χ4v) is 3.39. The lowest BCUT2D eigenvalue weighted by Crippen LogP contribution is -2.61. The van der Waals surface area contributed by atoms with Gasteiger partial charge in [0.25, 0.3) is 0 Å². The predicted octanol–water partition coefficient (Wildman–Crippen LogP) is -1.04. The topological polar surface area (TPSA) is 158 Å². The summed E-state index contributed by atoms with van der Waals surface area (Å²) in [6.45, 7) is 8.94. The van der Waals surface area contributed by atoms with Gasteiger partial charge in [0.05, 0.1) is 18.8 Å². The number of allylic oxidation sites excluding steroid dienone is 2. The van der Waals surface area contributed by atoms with Crippen LogP contribution in [-0.2, 0) is 18.9 Å². The Labute approximate surface area is 182 Å². The first kappa shape index (κ1) is 26.3. The third-order valence-corrected chi connectivity index (χ3v) is 5.56. The number of rotatable bonds is 9. The summed E-state index contributed by atoms with van der Waals surface area (Å²) >= 11 is 0. The van der Waals surface area contributed by atoms with Crippen LogP contribution in [0.4, 0.5) is 0 Å². The molecule has 0 unspecified atom stereocenters. The second-order valence-electron chi connectivity index (χ2n) is 8.55. The van der Waals surface area contributed by atoms with E-state index in [9.17, 15) is 30.6 Å². The molecule has 180 valence electrons. The molecule has 2 saturated heterocycles. The Hall–Kier alpha value is -0.920. The van der Waals surface area contributed by atoms with E-state index >= 15 is 0 Å². The lowest BCUT2D eigenvalue weighted by Gasteiger charge is -2.43. The van der Waals surface area contributed by atoms with Gasteiger partial charge in [-0.1, -0.05) is 17.7 Å². The first-order chi connectivity index (χ1) is 14.5. The summed E-state index contributed by atoms with van der Waals surface area (Å²) in [6.07, 6.45) is -7.54. The first-order valence-corrected chi connectivity index (χ1v) is 10.4. The van der Waals surface area contributed by atoms with Crippen molar-refractivity contribution in [3.63, 3.8) is 0 Å². The van der Waals surface area contributed by atoms with Gasteiger partial charge < -0.3 is 49.6 Å². The van der Waals surface area contributed by atoms with Crippen LogP contribution in [0, 0.1) is 0 Å². The first-order valence-electron chi connectivity index (χ1n) is 10.4. The Morgan fingerprint density at radius 3 is 2.26 bits per heavy atom. The predicted molar refractivity (Wildman–Crippen MR) is 109 cm³/mol. The minimum Gasteiger partial charge on any atom is -0.388 e. The monoisotopic (exact) mass is 448 g/mol. The molecule has 0 aromatic carbocycles. The van der Waals surface area contributed by atoms with E-state index in [2.05, 4.69) is 6.58 Å². The van der Waals surface area contributed by atoms with Crippen LogP contribution in [0.3, 0.4) is 0 Å². The molecule has 31 heavy (non-hydrogen) atoms. The van der Waals surface area contributed by atoms with Gasteiger partial charge in [-0.25, -0.2) is 0 Å². The third-order valence-electron chi connectivity index (χ3n) is 5.56. The molecule has 0 aliphatic carbocycles. The van der Waals surface area contributed by atoms with Crippen molar-refractivity contribution in [2.24, 2.45) is 0 Å². The Kier molecular flexibility index (Phi) is 9.58. The maximum absolute atomic E-state index is 10.3. The van der Waals surface area contributed by atoms with Crippen molar-refractivity contribution >= 4 is 0 Å². The smallest absolute Gasteiger partial charge is 0.187 e. The van der Waals surface area contributed by atoms with Gasteiger partial charge in [-0.2, -0.15) is 0 Å². The molecule has 10 heteroatoms. The van der Waals surface area contributed by atoms with E-state index in [1.165, 1.54) is 0 Å². The molecular formula is C21H36O10. The maximum Gasteiger partial charge on any atom is 0.187 e. The van der Waals surface area contributed by atoms with Gasteiger partial charge in [-0.15, -0.1) is 6.58 Å². The van der Waals surface area contributed by atoms with Crippen LogP contribution in [0.15, 0.2) is 24.3 Å². The van der Waals surface area contributed by atoms with Gasteiger partial charge >= 0.3 is 0 Å². The number of aliphatic hydroxyl groups is 6. The van der Waals surface area contributed by atoms with Gasteiger partial charge in [-0.05, 0) is 33.6 Å². The number of hydrogen-bond donors (Lipinski definition) is 6. The number of hydrogen-bond acceptors (Lipinski definition) is 10. The van der Waals surface area contributed by atoms with Crippen molar-refractivity contribution in [1.82, 2.24) is 0 Å². The summed E-state index contributed by atoms with van der Waals surface area (Å²) in [7, 11) is 0. The van der Waals surface area contributed by atoms with E-state index < -0.39 is 60.9 Å². The molecule has 0 saturated carbocycles. The van der Waals surface area contributed by atoms with E-state index in [0.717, 1.165) is 5.57 Å². The highest BCUT2D eigenvalue weighted by Gasteiger charge is 2.47. The van der Waals surface area contributed by atoms with E-state index in [4.69, 9.17) is 18.9 Å². The Morgan fingerprint density at radius 1 is 1.00 bits per heavy atom. The summed E-state index contributed by atoms with van der Waals surface area (Å²) in [4.78, 5) is 0. The normalized spacial score (nSPS) is 40.7. The standard InChI is InChI=1S/C21H36O10/c1-5-21(4,8-6-7-11(2)3)31-20-18(27)16(25)15(24)13(30-20)10-29-19-17(26)14(23)12(22)9-28-19/h5,7,12-20,22-27H,1,6,8-10H2,2-4H3/t12-,13+,14-,15+,16-,17+,18+,19-,20-,21+/m0/s1.